The summed E-state index contributed by atoms with van der Waals surface area (Å²) in [5.41, 5.74) is 0.885. The number of benzene rings is 1. The van der Waals surface area contributed by atoms with E-state index in [0.29, 0.717) is 5.88 Å². The molecule has 3 rings (SSSR count). The molecule has 74 valence electrons. The zero-order valence-corrected chi connectivity index (χ0v) is 8.23. The molecular formula is C12H9NO2. The minimum absolute atomic E-state index is 0.649. The molecule has 0 aliphatic heterocycles. The first-order valence-corrected chi connectivity index (χ1v) is 4.69. The lowest BCUT2D eigenvalue weighted by molar-refractivity contribution is 0.403. The predicted molar refractivity (Wildman–Crippen MR) is 58.1 cm³/mol. The van der Waals surface area contributed by atoms with Crippen molar-refractivity contribution >= 4 is 21.7 Å². The molecule has 0 atom stereocenters. The Morgan fingerprint density at radius 2 is 2.00 bits per heavy atom. The Labute approximate surface area is 86.3 Å². The normalized spacial score (nSPS) is 11.0. The number of ether oxygens (including phenoxy) is 1. The van der Waals surface area contributed by atoms with Crippen LogP contribution in [0.4, 0.5) is 0 Å². The molecule has 3 aromatic rings. The van der Waals surface area contributed by atoms with Crippen molar-refractivity contribution in [2.24, 2.45) is 0 Å². The summed E-state index contributed by atoms with van der Waals surface area (Å²) in [5.74, 6) is 0.649. The second kappa shape index (κ2) is 2.98. The van der Waals surface area contributed by atoms with E-state index >= 15 is 0 Å². The number of hydrogen-bond acceptors (Lipinski definition) is 3. The van der Waals surface area contributed by atoms with Gasteiger partial charge in [0.25, 0.3) is 0 Å². The van der Waals surface area contributed by atoms with Crippen LogP contribution >= 0.6 is 0 Å². The van der Waals surface area contributed by atoms with E-state index in [1.54, 1.807) is 19.6 Å². The molecule has 3 heteroatoms. The van der Waals surface area contributed by atoms with Gasteiger partial charge in [-0.3, -0.25) is 0 Å². The Kier molecular flexibility index (Phi) is 1.65. The Morgan fingerprint density at radius 3 is 2.87 bits per heavy atom. The van der Waals surface area contributed by atoms with Gasteiger partial charge in [-0.25, -0.2) is 4.98 Å². The molecule has 0 unspecified atom stereocenters. The van der Waals surface area contributed by atoms with Crippen LogP contribution in [0.15, 0.2) is 41.1 Å². The van der Waals surface area contributed by atoms with Crippen LogP contribution in [-0.2, 0) is 0 Å². The molecule has 15 heavy (non-hydrogen) atoms. The molecule has 1 aromatic carbocycles. The van der Waals surface area contributed by atoms with Gasteiger partial charge >= 0.3 is 0 Å². The lowest BCUT2D eigenvalue weighted by Crippen LogP contribution is -1.88. The highest BCUT2D eigenvalue weighted by Crippen LogP contribution is 2.30. The molecule has 0 N–H and O–H groups in total. The first kappa shape index (κ1) is 8.29. The topological polar surface area (TPSA) is 35.3 Å². The van der Waals surface area contributed by atoms with Crippen LogP contribution in [0.3, 0.4) is 0 Å². The summed E-state index contributed by atoms with van der Waals surface area (Å²) in [7, 11) is 1.63. The molecular weight excluding hydrogens is 190 g/mol. The van der Waals surface area contributed by atoms with Crippen molar-refractivity contribution in [3.05, 3.63) is 36.7 Å². The summed E-state index contributed by atoms with van der Waals surface area (Å²) in [6, 6.07) is 7.82. The van der Waals surface area contributed by atoms with E-state index in [0.717, 1.165) is 21.7 Å². The smallest absolute Gasteiger partial charge is 0.221 e. The van der Waals surface area contributed by atoms with Crippen LogP contribution in [0.2, 0.25) is 0 Å². The van der Waals surface area contributed by atoms with E-state index in [1.807, 2.05) is 24.3 Å². The Morgan fingerprint density at radius 1 is 1.07 bits per heavy atom. The van der Waals surface area contributed by atoms with Crippen molar-refractivity contribution < 1.29 is 9.15 Å². The van der Waals surface area contributed by atoms with Gasteiger partial charge in [-0.15, -0.1) is 0 Å². The number of hydrogen-bond donors (Lipinski definition) is 0. The van der Waals surface area contributed by atoms with Crippen molar-refractivity contribution in [2.45, 2.75) is 0 Å². The van der Waals surface area contributed by atoms with Crippen LogP contribution in [0.1, 0.15) is 0 Å². The number of aromatic nitrogens is 1. The fourth-order valence-electron chi connectivity index (χ4n) is 1.84. The van der Waals surface area contributed by atoms with E-state index in [4.69, 9.17) is 9.15 Å². The number of fused-ring (bicyclic) bond motifs is 3. The van der Waals surface area contributed by atoms with Gasteiger partial charge in [-0.05, 0) is 29.7 Å². The summed E-state index contributed by atoms with van der Waals surface area (Å²) in [6.07, 6.45) is 3.44. The van der Waals surface area contributed by atoms with Gasteiger partial charge in [0, 0.05) is 17.0 Å². The van der Waals surface area contributed by atoms with Crippen molar-refractivity contribution in [1.82, 2.24) is 4.98 Å². The van der Waals surface area contributed by atoms with E-state index in [-0.39, 0.29) is 0 Å². The van der Waals surface area contributed by atoms with E-state index < -0.39 is 0 Å². The Hall–Kier alpha value is -2.03. The summed E-state index contributed by atoms with van der Waals surface area (Å²) < 4.78 is 10.5. The fourth-order valence-corrected chi connectivity index (χ4v) is 1.84. The highest BCUT2D eigenvalue weighted by molar-refractivity contribution is 6.07. The van der Waals surface area contributed by atoms with E-state index in [1.165, 1.54) is 0 Å². The highest BCUT2D eigenvalue weighted by atomic mass is 16.5. The average Bonchev–Trinajstić information content (AvgIpc) is 2.76. The summed E-state index contributed by atoms with van der Waals surface area (Å²) >= 11 is 0. The lowest BCUT2D eigenvalue weighted by atomic mass is 10.1. The first-order chi connectivity index (χ1) is 7.40. The molecule has 0 aliphatic rings. The van der Waals surface area contributed by atoms with Crippen LogP contribution < -0.4 is 4.74 Å². The second-order valence-electron chi connectivity index (χ2n) is 3.31. The van der Waals surface area contributed by atoms with Gasteiger partial charge in [0.05, 0.1) is 13.4 Å². The van der Waals surface area contributed by atoms with Crippen LogP contribution in [0.5, 0.6) is 5.88 Å². The minimum Gasteiger partial charge on any atom is -0.481 e. The molecule has 2 aromatic heterocycles. The standard InChI is InChI=1S/C12H9NO2/c1-14-12-10-2-3-11-9(5-7-15-11)8(10)4-6-13-12/h2-7H,1H3. The largest absolute Gasteiger partial charge is 0.481 e. The Balaban J connectivity index is 2.53. The molecule has 0 amide bonds. The number of rotatable bonds is 1. The zero-order valence-electron chi connectivity index (χ0n) is 8.23. The summed E-state index contributed by atoms with van der Waals surface area (Å²) in [6.45, 7) is 0. The molecule has 0 bridgehead atoms. The quantitative estimate of drug-likeness (QED) is 0.604. The summed E-state index contributed by atoms with van der Waals surface area (Å²) in [5, 5.41) is 3.20. The number of pyridine rings is 1. The maximum atomic E-state index is 5.34. The van der Waals surface area contributed by atoms with E-state index in [2.05, 4.69) is 4.98 Å². The molecule has 0 radical (unpaired) electrons. The summed E-state index contributed by atoms with van der Waals surface area (Å²) in [4.78, 5) is 4.16. The Bertz CT molecular complexity index is 628. The molecule has 0 saturated heterocycles. The molecule has 0 spiro atoms. The van der Waals surface area contributed by atoms with Crippen molar-refractivity contribution in [1.29, 1.82) is 0 Å². The van der Waals surface area contributed by atoms with E-state index in [9.17, 15) is 0 Å². The van der Waals surface area contributed by atoms with Crippen molar-refractivity contribution in [2.75, 3.05) is 7.11 Å². The second-order valence-corrected chi connectivity index (χ2v) is 3.31. The maximum absolute atomic E-state index is 5.34. The van der Waals surface area contributed by atoms with Gasteiger partial charge in [0.15, 0.2) is 0 Å². The first-order valence-electron chi connectivity index (χ1n) is 4.69. The van der Waals surface area contributed by atoms with Gasteiger partial charge in [-0.2, -0.15) is 0 Å². The third kappa shape index (κ3) is 1.09. The molecule has 0 saturated carbocycles. The van der Waals surface area contributed by atoms with Gasteiger partial charge in [0.2, 0.25) is 5.88 Å². The molecule has 0 aliphatic carbocycles. The van der Waals surface area contributed by atoms with Crippen LogP contribution in [-0.4, -0.2) is 12.1 Å². The number of nitrogens with zero attached hydrogens (tertiary/aromatic N) is 1. The maximum Gasteiger partial charge on any atom is 0.221 e. The van der Waals surface area contributed by atoms with Gasteiger partial charge < -0.3 is 9.15 Å². The highest BCUT2D eigenvalue weighted by Gasteiger charge is 2.06. The van der Waals surface area contributed by atoms with Gasteiger partial charge in [0.1, 0.15) is 5.58 Å². The van der Waals surface area contributed by atoms with Crippen LogP contribution in [0.25, 0.3) is 21.7 Å². The molecule has 2 heterocycles. The third-order valence-corrected chi connectivity index (χ3v) is 2.53. The van der Waals surface area contributed by atoms with Crippen LogP contribution in [0, 0.1) is 0 Å². The SMILES string of the molecule is COc1nccc2c1ccc1occc12. The fraction of sp³-hybridized carbons (Fsp3) is 0.0833. The average molecular weight is 199 g/mol. The molecule has 0 fully saturated rings. The monoisotopic (exact) mass is 199 g/mol. The third-order valence-electron chi connectivity index (χ3n) is 2.53. The number of furan rings is 1. The zero-order chi connectivity index (χ0) is 10.3. The molecule has 3 nitrogen and oxygen atoms in total. The van der Waals surface area contributed by atoms with Crippen molar-refractivity contribution in [3.63, 3.8) is 0 Å². The van der Waals surface area contributed by atoms with Gasteiger partial charge in [-0.1, -0.05) is 0 Å². The minimum atomic E-state index is 0.649. The van der Waals surface area contributed by atoms with Crippen molar-refractivity contribution in [3.8, 4) is 5.88 Å². The lowest BCUT2D eigenvalue weighted by Gasteiger charge is -2.03. The predicted octanol–water partition coefficient (Wildman–Crippen LogP) is 2.99. The number of methoxy groups -OCH3 is 1.